The average molecular weight is 435 g/mol. The van der Waals surface area contributed by atoms with Gasteiger partial charge in [0, 0.05) is 18.0 Å². The molecule has 8 heteroatoms. The number of thioether (sulfide) groups is 1. The maximum atomic E-state index is 12.6. The Morgan fingerprint density at radius 3 is 2.61 bits per heavy atom. The summed E-state index contributed by atoms with van der Waals surface area (Å²) in [6.07, 6.45) is 0.698. The van der Waals surface area contributed by atoms with Gasteiger partial charge in [-0.3, -0.25) is 4.79 Å². The molecule has 0 saturated heterocycles. The van der Waals surface area contributed by atoms with Gasteiger partial charge in [0.15, 0.2) is 5.16 Å². The second kappa shape index (κ2) is 9.45. The summed E-state index contributed by atoms with van der Waals surface area (Å²) in [6, 6.07) is 15.1. The second-order valence-electron chi connectivity index (χ2n) is 6.18. The molecule has 0 radical (unpaired) electrons. The molecule has 1 atom stereocenters. The molecule has 2 aromatic carbocycles. The Balaban J connectivity index is 1.69. The van der Waals surface area contributed by atoms with E-state index in [2.05, 4.69) is 27.6 Å². The predicted octanol–water partition coefficient (Wildman–Crippen LogP) is 5.31. The van der Waals surface area contributed by atoms with Gasteiger partial charge < -0.3 is 9.88 Å². The van der Waals surface area contributed by atoms with E-state index in [1.807, 2.05) is 36.6 Å². The lowest BCUT2D eigenvalue weighted by Crippen LogP contribution is -2.23. The van der Waals surface area contributed by atoms with E-state index in [0.29, 0.717) is 22.2 Å². The van der Waals surface area contributed by atoms with Gasteiger partial charge in [0.05, 0.1) is 16.0 Å². The van der Waals surface area contributed by atoms with Crippen molar-refractivity contribution in [1.82, 2.24) is 14.8 Å². The maximum Gasteiger partial charge on any atom is 0.237 e. The smallest absolute Gasteiger partial charge is 0.237 e. The number of nitrogens with one attached hydrogen (secondary N) is 1. The van der Waals surface area contributed by atoms with Crippen LogP contribution in [-0.4, -0.2) is 25.9 Å². The number of carbonyl (C=O) groups excluding carboxylic acids is 1. The maximum absolute atomic E-state index is 12.6. The molecule has 1 heterocycles. The van der Waals surface area contributed by atoms with Gasteiger partial charge in [-0.2, -0.15) is 0 Å². The van der Waals surface area contributed by atoms with E-state index in [1.165, 1.54) is 17.3 Å². The van der Waals surface area contributed by atoms with Crippen LogP contribution in [0.4, 0.5) is 5.69 Å². The normalized spacial score (nSPS) is 12.0. The van der Waals surface area contributed by atoms with Gasteiger partial charge in [-0.05, 0) is 37.6 Å². The molecule has 0 fully saturated rings. The van der Waals surface area contributed by atoms with Crippen molar-refractivity contribution in [3.05, 3.63) is 70.0 Å². The number of aromatic nitrogens is 3. The largest absolute Gasteiger partial charge is 0.324 e. The molecule has 0 aliphatic rings. The van der Waals surface area contributed by atoms with E-state index in [4.69, 9.17) is 23.2 Å². The molecule has 0 aliphatic carbocycles. The van der Waals surface area contributed by atoms with Gasteiger partial charge in [0.25, 0.3) is 0 Å². The molecule has 1 unspecified atom stereocenters. The standard InChI is InChI=1S/C20H20Cl2N4OS/c1-3-26-18(11-14-7-5-4-6-8-14)24-25-20(26)28-13(2)19(27)23-17-10-9-15(21)12-16(17)22/h4-10,12-13H,3,11H2,1-2H3,(H,23,27). The van der Waals surface area contributed by atoms with Crippen LogP contribution in [0.2, 0.25) is 10.0 Å². The highest BCUT2D eigenvalue weighted by Gasteiger charge is 2.20. The van der Waals surface area contributed by atoms with Gasteiger partial charge in [-0.25, -0.2) is 0 Å². The first-order valence-electron chi connectivity index (χ1n) is 8.86. The molecule has 0 spiro atoms. The number of hydrogen-bond donors (Lipinski definition) is 1. The Labute approximate surface area is 178 Å². The van der Waals surface area contributed by atoms with Gasteiger partial charge in [-0.15, -0.1) is 10.2 Å². The van der Waals surface area contributed by atoms with E-state index in [-0.39, 0.29) is 11.2 Å². The number of halogens is 2. The lowest BCUT2D eigenvalue weighted by atomic mass is 10.1. The first kappa shape index (κ1) is 20.7. The first-order chi connectivity index (χ1) is 13.5. The van der Waals surface area contributed by atoms with E-state index in [1.54, 1.807) is 18.2 Å². The number of benzene rings is 2. The summed E-state index contributed by atoms with van der Waals surface area (Å²) in [5.41, 5.74) is 1.70. The molecule has 1 aromatic heterocycles. The van der Waals surface area contributed by atoms with Crippen molar-refractivity contribution in [3.8, 4) is 0 Å². The molecule has 1 amide bonds. The zero-order valence-electron chi connectivity index (χ0n) is 15.5. The molecular weight excluding hydrogens is 415 g/mol. The predicted molar refractivity (Wildman–Crippen MR) is 115 cm³/mol. The monoisotopic (exact) mass is 434 g/mol. The van der Waals surface area contributed by atoms with Crippen LogP contribution in [0.25, 0.3) is 0 Å². The van der Waals surface area contributed by atoms with Crippen molar-refractivity contribution < 1.29 is 4.79 Å². The summed E-state index contributed by atoms with van der Waals surface area (Å²) < 4.78 is 2.04. The lowest BCUT2D eigenvalue weighted by Gasteiger charge is -2.13. The third-order valence-corrected chi connectivity index (χ3v) is 5.78. The van der Waals surface area contributed by atoms with Crippen molar-refractivity contribution in [2.24, 2.45) is 0 Å². The molecule has 3 aromatic rings. The fraction of sp³-hybridized carbons (Fsp3) is 0.250. The third-order valence-electron chi connectivity index (χ3n) is 4.16. The molecule has 0 saturated carbocycles. The molecule has 3 rings (SSSR count). The van der Waals surface area contributed by atoms with E-state index >= 15 is 0 Å². The summed E-state index contributed by atoms with van der Waals surface area (Å²) in [4.78, 5) is 12.6. The summed E-state index contributed by atoms with van der Waals surface area (Å²) in [7, 11) is 0. The molecule has 1 N–H and O–H groups in total. The summed E-state index contributed by atoms with van der Waals surface area (Å²) in [6.45, 7) is 4.60. The summed E-state index contributed by atoms with van der Waals surface area (Å²) in [5, 5.41) is 12.7. The third kappa shape index (κ3) is 5.07. The van der Waals surface area contributed by atoms with Crippen LogP contribution in [0.5, 0.6) is 0 Å². The van der Waals surface area contributed by atoms with Crippen LogP contribution >= 0.6 is 35.0 Å². The summed E-state index contributed by atoms with van der Waals surface area (Å²) >= 11 is 13.4. The van der Waals surface area contributed by atoms with Crippen LogP contribution in [-0.2, 0) is 17.8 Å². The topological polar surface area (TPSA) is 59.8 Å². The number of hydrogen-bond acceptors (Lipinski definition) is 4. The van der Waals surface area contributed by atoms with Crippen LogP contribution in [0.15, 0.2) is 53.7 Å². The highest BCUT2D eigenvalue weighted by molar-refractivity contribution is 8.00. The quantitative estimate of drug-likeness (QED) is 0.511. The Bertz CT molecular complexity index is 962. The summed E-state index contributed by atoms with van der Waals surface area (Å²) in [5.74, 6) is 0.717. The van der Waals surface area contributed by atoms with E-state index in [9.17, 15) is 4.79 Å². The van der Waals surface area contributed by atoms with Gasteiger partial charge in [0.1, 0.15) is 5.82 Å². The van der Waals surface area contributed by atoms with Crippen LogP contribution < -0.4 is 5.32 Å². The molecule has 0 bridgehead atoms. The van der Waals surface area contributed by atoms with Crippen molar-refractivity contribution in [3.63, 3.8) is 0 Å². The van der Waals surface area contributed by atoms with Crippen LogP contribution in [0.3, 0.4) is 0 Å². The van der Waals surface area contributed by atoms with Gasteiger partial charge in [-0.1, -0.05) is 65.3 Å². The minimum absolute atomic E-state index is 0.163. The van der Waals surface area contributed by atoms with E-state index in [0.717, 1.165) is 17.5 Å². The number of amides is 1. The van der Waals surface area contributed by atoms with Gasteiger partial charge >= 0.3 is 0 Å². The van der Waals surface area contributed by atoms with E-state index < -0.39 is 0 Å². The Morgan fingerprint density at radius 1 is 1.18 bits per heavy atom. The fourth-order valence-corrected chi connectivity index (χ4v) is 4.06. The Hall–Kier alpha value is -2.02. The minimum atomic E-state index is -0.370. The molecule has 28 heavy (non-hydrogen) atoms. The average Bonchev–Trinajstić information content (AvgIpc) is 3.05. The molecular formula is C20H20Cl2N4OS. The molecule has 146 valence electrons. The highest BCUT2D eigenvalue weighted by atomic mass is 35.5. The van der Waals surface area contributed by atoms with Crippen molar-refractivity contribution >= 4 is 46.6 Å². The highest BCUT2D eigenvalue weighted by Crippen LogP contribution is 2.28. The number of anilines is 1. The lowest BCUT2D eigenvalue weighted by molar-refractivity contribution is -0.115. The SMILES string of the molecule is CCn1c(Cc2ccccc2)nnc1SC(C)C(=O)Nc1ccc(Cl)cc1Cl. The van der Waals surface area contributed by atoms with Crippen LogP contribution in [0.1, 0.15) is 25.2 Å². The van der Waals surface area contributed by atoms with Gasteiger partial charge in [0.2, 0.25) is 5.91 Å². The zero-order chi connectivity index (χ0) is 20.1. The minimum Gasteiger partial charge on any atom is -0.324 e. The Kier molecular flexibility index (Phi) is 6.99. The fourth-order valence-electron chi connectivity index (χ4n) is 2.67. The van der Waals surface area contributed by atoms with Crippen LogP contribution in [0, 0.1) is 0 Å². The van der Waals surface area contributed by atoms with Crippen molar-refractivity contribution in [1.29, 1.82) is 0 Å². The molecule has 5 nitrogen and oxygen atoms in total. The molecule has 0 aliphatic heterocycles. The number of carbonyl (C=O) groups is 1. The Morgan fingerprint density at radius 2 is 1.93 bits per heavy atom. The first-order valence-corrected chi connectivity index (χ1v) is 10.5. The zero-order valence-corrected chi connectivity index (χ0v) is 17.9. The number of nitrogens with zero attached hydrogens (tertiary/aromatic N) is 3. The second-order valence-corrected chi connectivity index (χ2v) is 8.33. The number of rotatable bonds is 7. The van der Waals surface area contributed by atoms with Crippen molar-refractivity contribution in [2.45, 2.75) is 37.2 Å². The van der Waals surface area contributed by atoms with Crippen molar-refractivity contribution in [2.75, 3.05) is 5.32 Å².